The summed E-state index contributed by atoms with van der Waals surface area (Å²) in [6.45, 7) is 3.28. The number of hydrogen-bond donors (Lipinski definition) is 1. The fourth-order valence-corrected chi connectivity index (χ4v) is 2.40. The second kappa shape index (κ2) is 9.14. The molecule has 0 heterocycles. The number of hydrogen-bond acceptors (Lipinski definition) is 3. The van der Waals surface area contributed by atoms with Crippen LogP contribution in [-0.4, -0.2) is 32.1 Å². The van der Waals surface area contributed by atoms with E-state index in [1.807, 2.05) is 24.3 Å². The largest absolute Gasteiger partial charge is 0.489 e. The van der Waals surface area contributed by atoms with Gasteiger partial charge in [-0.05, 0) is 49.5 Å². The standard InChI is InChI=1S/C18H22Cl2N2O/c1-22(2)9-8-21-12-14-4-3-5-16(10-14)23-13-15-6-7-17(19)18(20)11-15/h3-7,10-11,21H,8-9,12-13H2,1-2H3. The van der Waals surface area contributed by atoms with Crippen LogP contribution in [0.2, 0.25) is 10.0 Å². The monoisotopic (exact) mass is 352 g/mol. The summed E-state index contributed by atoms with van der Waals surface area (Å²) >= 11 is 11.9. The molecular weight excluding hydrogens is 331 g/mol. The van der Waals surface area contributed by atoms with Gasteiger partial charge in [0.15, 0.2) is 0 Å². The van der Waals surface area contributed by atoms with Crippen LogP contribution in [0.1, 0.15) is 11.1 Å². The van der Waals surface area contributed by atoms with Crippen molar-refractivity contribution in [1.29, 1.82) is 0 Å². The van der Waals surface area contributed by atoms with Crippen molar-refractivity contribution in [3.63, 3.8) is 0 Å². The minimum Gasteiger partial charge on any atom is -0.489 e. The van der Waals surface area contributed by atoms with E-state index in [1.165, 1.54) is 5.56 Å². The van der Waals surface area contributed by atoms with Crippen LogP contribution in [0.4, 0.5) is 0 Å². The van der Waals surface area contributed by atoms with Gasteiger partial charge in [-0.1, -0.05) is 41.4 Å². The van der Waals surface area contributed by atoms with Crippen LogP contribution < -0.4 is 10.1 Å². The lowest BCUT2D eigenvalue weighted by Gasteiger charge is -2.11. The smallest absolute Gasteiger partial charge is 0.120 e. The number of halogens is 2. The Morgan fingerprint density at radius 2 is 1.83 bits per heavy atom. The van der Waals surface area contributed by atoms with Crippen LogP contribution in [0.15, 0.2) is 42.5 Å². The number of rotatable bonds is 8. The lowest BCUT2D eigenvalue weighted by molar-refractivity contribution is 0.306. The molecule has 0 aliphatic rings. The van der Waals surface area contributed by atoms with Gasteiger partial charge in [-0.3, -0.25) is 0 Å². The Kier molecular flexibility index (Phi) is 7.18. The van der Waals surface area contributed by atoms with Gasteiger partial charge in [-0.2, -0.15) is 0 Å². The van der Waals surface area contributed by atoms with Gasteiger partial charge in [-0.15, -0.1) is 0 Å². The summed E-state index contributed by atoms with van der Waals surface area (Å²) < 4.78 is 5.83. The maximum Gasteiger partial charge on any atom is 0.120 e. The van der Waals surface area contributed by atoms with E-state index in [9.17, 15) is 0 Å². The Labute approximate surface area is 148 Å². The topological polar surface area (TPSA) is 24.5 Å². The van der Waals surface area contributed by atoms with E-state index >= 15 is 0 Å². The molecule has 3 nitrogen and oxygen atoms in total. The Bertz CT molecular complexity index is 632. The van der Waals surface area contributed by atoms with Crippen LogP contribution >= 0.6 is 23.2 Å². The third-order valence-corrected chi connectivity index (χ3v) is 4.09. The van der Waals surface area contributed by atoms with Gasteiger partial charge in [0.1, 0.15) is 12.4 Å². The molecule has 0 radical (unpaired) electrons. The van der Waals surface area contributed by atoms with Crippen molar-refractivity contribution >= 4 is 23.2 Å². The normalized spacial score (nSPS) is 11.0. The van der Waals surface area contributed by atoms with E-state index in [-0.39, 0.29) is 0 Å². The second-order valence-corrected chi connectivity index (χ2v) is 6.48. The molecule has 0 unspecified atom stereocenters. The second-order valence-electron chi connectivity index (χ2n) is 5.66. The fourth-order valence-electron chi connectivity index (χ4n) is 2.08. The van der Waals surface area contributed by atoms with Crippen molar-refractivity contribution in [2.45, 2.75) is 13.2 Å². The molecule has 2 rings (SSSR count). The van der Waals surface area contributed by atoms with Gasteiger partial charge in [0.2, 0.25) is 0 Å². The van der Waals surface area contributed by atoms with Gasteiger partial charge in [-0.25, -0.2) is 0 Å². The summed E-state index contributed by atoms with van der Waals surface area (Å²) in [5.41, 5.74) is 2.20. The molecule has 0 amide bonds. The van der Waals surface area contributed by atoms with Crippen LogP contribution in [0, 0.1) is 0 Å². The van der Waals surface area contributed by atoms with E-state index < -0.39 is 0 Å². The number of nitrogens with one attached hydrogen (secondary N) is 1. The Morgan fingerprint density at radius 1 is 1.00 bits per heavy atom. The van der Waals surface area contributed by atoms with Crippen molar-refractivity contribution in [1.82, 2.24) is 10.2 Å². The molecule has 2 aromatic rings. The SMILES string of the molecule is CN(C)CCNCc1cccc(OCc2ccc(Cl)c(Cl)c2)c1. The van der Waals surface area contributed by atoms with Crippen LogP contribution in [0.3, 0.4) is 0 Å². The van der Waals surface area contributed by atoms with Crippen LogP contribution in [0.25, 0.3) is 0 Å². The lowest BCUT2D eigenvalue weighted by atomic mass is 10.2. The Morgan fingerprint density at radius 3 is 2.57 bits per heavy atom. The van der Waals surface area contributed by atoms with Gasteiger partial charge in [0.05, 0.1) is 10.0 Å². The molecule has 0 saturated carbocycles. The summed E-state index contributed by atoms with van der Waals surface area (Å²) in [4.78, 5) is 2.16. The predicted octanol–water partition coefficient (Wildman–Crippen LogP) is 4.22. The average molecular weight is 353 g/mol. The summed E-state index contributed by atoms with van der Waals surface area (Å²) in [5, 5.41) is 4.52. The van der Waals surface area contributed by atoms with E-state index in [1.54, 1.807) is 6.07 Å². The van der Waals surface area contributed by atoms with Gasteiger partial charge in [0, 0.05) is 19.6 Å². The van der Waals surface area contributed by atoms with Crippen molar-refractivity contribution in [3.05, 3.63) is 63.6 Å². The number of benzene rings is 2. The number of ether oxygens (including phenoxy) is 1. The summed E-state index contributed by atoms with van der Waals surface area (Å²) in [6.07, 6.45) is 0. The zero-order valence-corrected chi connectivity index (χ0v) is 15.0. The Balaban J connectivity index is 1.85. The minimum absolute atomic E-state index is 0.467. The highest BCUT2D eigenvalue weighted by atomic mass is 35.5. The highest BCUT2D eigenvalue weighted by Gasteiger charge is 2.02. The van der Waals surface area contributed by atoms with Crippen molar-refractivity contribution in [2.75, 3.05) is 27.2 Å². The number of likely N-dealkylation sites (N-methyl/N-ethyl adjacent to an activating group) is 1. The first-order valence-electron chi connectivity index (χ1n) is 7.56. The lowest BCUT2D eigenvalue weighted by Crippen LogP contribution is -2.26. The molecule has 1 N–H and O–H groups in total. The van der Waals surface area contributed by atoms with Gasteiger partial charge >= 0.3 is 0 Å². The minimum atomic E-state index is 0.467. The molecule has 0 fully saturated rings. The molecule has 0 atom stereocenters. The molecule has 0 bridgehead atoms. The van der Waals surface area contributed by atoms with Crippen molar-refractivity contribution in [3.8, 4) is 5.75 Å². The zero-order valence-electron chi connectivity index (χ0n) is 13.5. The molecule has 0 aliphatic carbocycles. The van der Waals surface area contributed by atoms with Crippen molar-refractivity contribution < 1.29 is 4.74 Å². The maximum atomic E-state index is 6.01. The van der Waals surface area contributed by atoms with Crippen LogP contribution in [0.5, 0.6) is 5.75 Å². The molecule has 2 aromatic carbocycles. The first kappa shape index (κ1) is 18.1. The first-order valence-corrected chi connectivity index (χ1v) is 8.31. The maximum absolute atomic E-state index is 6.01. The molecule has 23 heavy (non-hydrogen) atoms. The zero-order chi connectivity index (χ0) is 16.7. The number of nitrogens with zero attached hydrogens (tertiary/aromatic N) is 1. The van der Waals surface area contributed by atoms with E-state index in [0.717, 1.165) is 30.9 Å². The van der Waals surface area contributed by atoms with E-state index in [4.69, 9.17) is 27.9 Å². The quantitative estimate of drug-likeness (QED) is 0.719. The fraction of sp³-hybridized carbons (Fsp3) is 0.333. The first-order chi connectivity index (χ1) is 11.0. The molecule has 0 aromatic heterocycles. The molecule has 0 aliphatic heterocycles. The highest BCUT2D eigenvalue weighted by Crippen LogP contribution is 2.23. The van der Waals surface area contributed by atoms with Gasteiger partial charge in [0.25, 0.3) is 0 Å². The highest BCUT2D eigenvalue weighted by molar-refractivity contribution is 6.42. The van der Waals surface area contributed by atoms with Crippen molar-refractivity contribution in [2.24, 2.45) is 0 Å². The summed E-state index contributed by atoms with van der Waals surface area (Å²) in [7, 11) is 4.14. The third kappa shape index (κ3) is 6.40. The summed E-state index contributed by atoms with van der Waals surface area (Å²) in [6, 6.07) is 13.6. The Hall–Kier alpha value is -1.26. The molecule has 124 valence electrons. The summed E-state index contributed by atoms with van der Waals surface area (Å²) in [5.74, 6) is 0.850. The average Bonchev–Trinajstić information content (AvgIpc) is 2.53. The molecule has 0 saturated heterocycles. The molecule has 5 heteroatoms. The third-order valence-electron chi connectivity index (χ3n) is 3.35. The van der Waals surface area contributed by atoms with E-state index in [2.05, 4.69) is 36.4 Å². The van der Waals surface area contributed by atoms with Gasteiger partial charge < -0.3 is 15.0 Å². The van der Waals surface area contributed by atoms with E-state index in [0.29, 0.717) is 16.7 Å². The predicted molar refractivity (Wildman–Crippen MR) is 97.5 cm³/mol. The molecule has 0 spiro atoms. The molecular formula is C18H22Cl2N2O. The van der Waals surface area contributed by atoms with Crippen LogP contribution in [-0.2, 0) is 13.2 Å².